The van der Waals surface area contributed by atoms with Gasteiger partial charge in [0.1, 0.15) is 69.7 Å². The van der Waals surface area contributed by atoms with E-state index < -0.39 is 65.1 Å². The summed E-state index contributed by atoms with van der Waals surface area (Å²) >= 11 is 0. The summed E-state index contributed by atoms with van der Waals surface area (Å²) in [4.78, 5) is 113. The number of fused-ring (bicyclic) bond motifs is 2. The number of nitrogens with zero attached hydrogens (tertiary/aromatic N) is 6. The molecule has 0 fully saturated rings. The molecular formula is C88H94N6O16Si2. The lowest BCUT2D eigenvalue weighted by Gasteiger charge is -2.37. The number of hydrogen-bond donors (Lipinski definition) is 0. The highest BCUT2D eigenvalue weighted by Crippen LogP contribution is 2.59. The van der Waals surface area contributed by atoms with Gasteiger partial charge in [-0.1, -0.05) is 52.0 Å². The molecule has 6 amide bonds. The monoisotopic (exact) mass is 1550 g/mol. The summed E-state index contributed by atoms with van der Waals surface area (Å²) in [5.41, 5.74) is 8.25. The molecule has 580 valence electrons. The average Bonchev–Trinajstić information content (AvgIpc) is 0.669. The van der Waals surface area contributed by atoms with Crippen molar-refractivity contribution in [2.45, 2.75) is 120 Å². The van der Waals surface area contributed by atoms with E-state index in [0.717, 1.165) is 54.3 Å². The zero-order chi connectivity index (χ0) is 80.4. The fraction of sp³-hybridized carbons (Fsp3) is 0.318. The molecule has 2 unspecified atom stereocenters. The van der Waals surface area contributed by atoms with Gasteiger partial charge in [0.15, 0.2) is 0 Å². The molecule has 2 aliphatic heterocycles. The molecular weight excluding hydrogens is 1450 g/mol. The standard InChI is InChI=1S/C88H94N6O16Si2/c1-47(2)25-67(87(99)91(13)73-39-57(21-23-89-73)45-111(101-15,102-16)103-17)93-83(95)63-41-69(107-59-31-49(5)27-50(6)32-59)77-79-71(109-61-35-53(9)29-54(10)36-61)43-65-76-66(86(98)94(85(65)97)68(26-48(3)4)88(100)92(14)74-40-58(22-24-90-74)46-112(104-18,105-19)106-20)44-72(110-62-37-55(11)30-56(12)38-62)80(82(76)79)78-70(42-64(84(93)96)75(63)81(77)78)108-60-33-51(7)28-52(8)34-60/h21-24,27-44,47-48,67-68H,25-26,45-46H2,1-20H3. The van der Waals surface area contributed by atoms with Crippen LogP contribution in [0.5, 0.6) is 46.0 Å². The van der Waals surface area contributed by atoms with Crippen LogP contribution >= 0.6 is 0 Å². The molecule has 9 aromatic carbocycles. The molecule has 0 bridgehead atoms. The SMILES string of the molecule is CO[Si](Cc1ccnc(N(C)C(=O)C(CC(C)C)N2C(=O)c3cc(Oc4cc(C)cc(C)c4)c4c5c(Oc6cc(C)cc(C)c6)cc6c7c(cc(Oc8cc(C)cc(C)c8)c(c8c(Oc9cc(C)cc(C)c9)cc(c3c48)C2=O)c75)C(=O)N(C(CC(C)C)C(=O)N(C)c2cc(C[Si](OC)(OC)OC)ccn2)C6=O)c1)(OC)OC. The van der Waals surface area contributed by atoms with E-state index >= 15 is 28.8 Å². The maximum absolute atomic E-state index is 16.7. The molecule has 0 saturated heterocycles. The van der Waals surface area contributed by atoms with Gasteiger partial charge in [0.25, 0.3) is 35.4 Å². The first-order valence-corrected chi connectivity index (χ1v) is 41.1. The van der Waals surface area contributed by atoms with E-state index in [4.69, 9.17) is 45.5 Å². The molecule has 22 nitrogen and oxygen atoms in total. The topological polar surface area (TPSA) is 233 Å². The van der Waals surface area contributed by atoms with Crippen molar-refractivity contribution in [1.82, 2.24) is 19.8 Å². The first-order valence-electron chi connectivity index (χ1n) is 37.3. The Hall–Kier alpha value is -10.8. The molecule has 0 N–H and O–H groups in total. The van der Waals surface area contributed by atoms with Crippen LogP contribution in [0.15, 0.2) is 134 Å². The average molecular weight is 1550 g/mol. The number of rotatable bonds is 28. The summed E-state index contributed by atoms with van der Waals surface area (Å²) < 4.78 is 64.3. The number of aromatic nitrogens is 2. The number of anilines is 2. The van der Waals surface area contributed by atoms with Gasteiger partial charge in [0.05, 0.1) is 22.3 Å². The van der Waals surface area contributed by atoms with Gasteiger partial charge in [-0.25, -0.2) is 9.97 Å². The molecule has 0 saturated carbocycles. The Bertz CT molecular complexity index is 4970. The number of likely N-dealkylation sites (N-methyl/N-ethyl adjacent to an activating group) is 2. The highest BCUT2D eigenvalue weighted by atomic mass is 28.4. The van der Waals surface area contributed by atoms with Crippen molar-refractivity contribution < 1.29 is 74.3 Å². The maximum atomic E-state index is 16.7. The van der Waals surface area contributed by atoms with Gasteiger partial charge in [-0.15, -0.1) is 0 Å². The lowest BCUT2D eigenvalue weighted by atomic mass is 9.80. The predicted octanol–water partition coefficient (Wildman–Crippen LogP) is 17.4. The van der Waals surface area contributed by atoms with Crippen molar-refractivity contribution >= 4 is 108 Å². The molecule has 4 heterocycles. The first kappa shape index (κ1) is 79.3. The second kappa shape index (κ2) is 31.4. The third-order valence-corrected chi connectivity index (χ3v) is 26.3. The van der Waals surface area contributed by atoms with Crippen LogP contribution in [-0.4, -0.2) is 142 Å². The first-order chi connectivity index (χ1) is 53.3. The zero-order valence-electron chi connectivity index (χ0n) is 67.1. The minimum Gasteiger partial charge on any atom is -0.457 e. The number of ether oxygens (including phenoxy) is 4. The fourth-order valence-corrected chi connectivity index (χ4v) is 19.4. The van der Waals surface area contributed by atoms with Gasteiger partial charge < -0.3 is 45.5 Å². The van der Waals surface area contributed by atoms with Crippen LogP contribution in [-0.2, 0) is 48.2 Å². The van der Waals surface area contributed by atoms with E-state index in [9.17, 15) is 0 Å². The van der Waals surface area contributed by atoms with Crippen LogP contribution in [0.25, 0.3) is 43.1 Å². The zero-order valence-corrected chi connectivity index (χ0v) is 69.1. The Labute approximate surface area is 654 Å². The van der Waals surface area contributed by atoms with Crippen LogP contribution in [0.3, 0.4) is 0 Å². The van der Waals surface area contributed by atoms with Gasteiger partial charge in [-0.2, -0.15) is 0 Å². The fourth-order valence-electron chi connectivity index (χ4n) is 16.0. The van der Waals surface area contributed by atoms with Gasteiger partial charge in [-0.3, -0.25) is 48.4 Å². The number of carbonyl (C=O) groups excluding carboxylic acids is 6. The van der Waals surface area contributed by atoms with Gasteiger partial charge in [0.2, 0.25) is 0 Å². The van der Waals surface area contributed by atoms with E-state index in [1.165, 1.54) is 52.5 Å². The number of amides is 6. The van der Waals surface area contributed by atoms with E-state index in [0.29, 0.717) is 34.1 Å². The Kier molecular flexibility index (Phi) is 22.2. The molecule has 13 rings (SSSR count). The summed E-state index contributed by atoms with van der Waals surface area (Å²) in [6.45, 7) is 23.2. The molecule has 0 aliphatic carbocycles. The highest BCUT2D eigenvalue weighted by Gasteiger charge is 2.49. The quantitative estimate of drug-likeness (QED) is 0.0192. The predicted molar refractivity (Wildman–Crippen MR) is 435 cm³/mol. The largest absolute Gasteiger partial charge is 0.504 e. The van der Waals surface area contributed by atoms with Crippen molar-refractivity contribution in [3.63, 3.8) is 0 Å². The van der Waals surface area contributed by atoms with Crippen LogP contribution in [0, 0.1) is 67.2 Å². The van der Waals surface area contributed by atoms with E-state index in [2.05, 4.69) is 9.97 Å². The smallest absolute Gasteiger partial charge is 0.457 e. The third-order valence-electron chi connectivity index (χ3n) is 20.9. The summed E-state index contributed by atoms with van der Waals surface area (Å²) in [5, 5.41) is 2.09. The van der Waals surface area contributed by atoms with Crippen LogP contribution in [0.4, 0.5) is 11.6 Å². The van der Waals surface area contributed by atoms with Gasteiger partial charge >= 0.3 is 17.6 Å². The molecule has 2 aromatic heterocycles. The Morgan fingerprint density at radius 1 is 0.357 bits per heavy atom. The summed E-state index contributed by atoms with van der Waals surface area (Å²) in [6.07, 6.45) is 3.19. The van der Waals surface area contributed by atoms with Crippen molar-refractivity contribution in [3.8, 4) is 46.0 Å². The van der Waals surface area contributed by atoms with Crippen LogP contribution in [0.2, 0.25) is 0 Å². The Morgan fingerprint density at radius 2 is 0.598 bits per heavy atom. The van der Waals surface area contributed by atoms with Crippen LogP contribution < -0.4 is 28.7 Å². The van der Waals surface area contributed by atoms with Gasteiger partial charge in [-0.05, 0) is 233 Å². The molecule has 2 aliphatic rings. The number of imide groups is 2. The summed E-state index contributed by atoms with van der Waals surface area (Å²) in [7, 11) is 5.81. The normalized spacial score (nSPS) is 13.7. The van der Waals surface area contributed by atoms with Crippen molar-refractivity contribution in [2.24, 2.45) is 11.8 Å². The van der Waals surface area contributed by atoms with Gasteiger partial charge in [0, 0.05) is 124 Å². The molecule has 0 spiro atoms. The van der Waals surface area contributed by atoms with Crippen molar-refractivity contribution in [1.29, 1.82) is 0 Å². The second-order valence-corrected chi connectivity index (χ2v) is 36.3. The molecule has 0 radical (unpaired) electrons. The molecule has 11 aromatic rings. The Balaban J connectivity index is 1.15. The van der Waals surface area contributed by atoms with E-state index in [-0.39, 0.29) is 137 Å². The summed E-state index contributed by atoms with van der Waals surface area (Å²) in [6, 6.07) is 34.0. The van der Waals surface area contributed by atoms with E-state index in [1.807, 2.05) is 156 Å². The minimum atomic E-state index is -3.21. The van der Waals surface area contributed by atoms with E-state index in [1.54, 1.807) is 75.0 Å². The van der Waals surface area contributed by atoms with Crippen molar-refractivity contribution in [3.05, 3.63) is 212 Å². The second-order valence-electron chi connectivity index (χ2n) is 30.4. The number of carbonyl (C=O) groups is 6. The summed E-state index contributed by atoms with van der Waals surface area (Å²) in [5.74, 6) is -2.62. The van der Waals surface area contributed by atoms with Crippen LogP contribution in [0.1, 0.15) is 138 Å². The number of pyridine rings is 2. The lowest BCUT2D eigenvalue weighted by molar-refractivity contribution is -0.123. The molecule has 24 heteroatoms. The molecule has 112 heavy (non-hydrogen) atoms. The molecule has 2 atom stereocenters. The Morgan fingerprint density at radius 3 is 0.821 bits per heavy atom. The number of aryl methyl sites for hydroxylation is 8. The maximum Gasteiger partial charge on any atom is 0.504 e. The minimum absolute atomic E-state index is 0.00232. The third kappa shape index (κ3) is 14.9. The number of hydrogen-bond acceptors (Lipinski definition) is 18. The lowest BCUT2D eigenvalue weighted by Crippen LogP contribution is -2.54. The number of benzene rings is 9. The highest BCUT2D eigenvalue weighted by molar-refractivity contribution is 6.60. The van der Waals surface area contributed by atoms with Crippen molar-refractivity contribution in [2.75, 3.05) is 66.6 Å².